The van der Waals surface area contributed by atoms with E-state index in [1.165, 1.54) is 23.1 Å². The van der Waals surface area contributed by atoms with Crippen LogP contribution in [0.3, 0.4) is 0 Å². The first kappa shape index (κ1) is 18.0. The van der Waals surface area contributed by atoms with Crippen molar-refractivity contribution in [2.75, 3.05) is 0 Å². The topological polar surface area (TPSA) is 29.5 Å². The van der Waals surface area contributed by atoms with Gasteiger partial charge < -0.3 is 4.74 Å². The van der Waals surface area contributed by atoms with Gasteiger partial charge in [0.05, 0.1) is 6.04 Å². The number of fused-ring (bicyclic) bond motifs is 2. The maximum Gasteiger partial charge on any atom is 0.411 e. The summed E-state index contributed by atoms with van der Waals surface area (Å²) < 4.78 is 5.66. The molecular weight excluding hydrogens is 310 g/mol. The molecular formula is C22H31NO2. The Labute approximate surface area is 152 Å². The lowest BCUT2D eigenvalue weighted by atomic mass is 9.82. The van der Waals surface area contributed by atoms with Crippen LogP contribution in [0.5, 0.6) is 0 Å². The maximum atomic E-state index is 12.7. The molecule has 1 fully saturated rings. The number of benzene rings is 1. The lowest BCUT2D eigenvalue weighted by Gasteiger charge is -2.45. The molecule has 2 aliphatic heterocycles. The first-order chi connectivity index (χ1) is 11.7. The van der Waals surface area contributed by atoms with Gasteiger partial charge in [-0.15, -0.1) is 0 Å². The monoisotopic (exact) mass is 341 g/mol. The first-order valence-electron chi connectivity index (χ1n) is 9.57. The number of nitrogens with zero attached hydrogens (tertiary/aromatic N) is 1. The fourth-order valence-electron chi connectivity index (χ4n) is 3.94. The van der Waals surface area contributed by atoms with E-state index in [1.807, 2.05) is 25.7 Å². The number of ether oxygens (including phenoxy) is 1. The second-order valence-electron chi connectivity index (χ2n) is 8.72. The third-order valence-electron chi connectivity index (χ3n) is 5.17. The van der Waals surface area contributed by atoms with Gasteiger partial charge in [0.2, 0.25) is 0 Å². The molecule has 1 saturated heterocycles. The summed E-state index contributed by atoms with van der Waals surface area (Å²) in [6.07, 6.45) is 6.36. The lowest BCUT2D eigenvalue weighted by Crippen LogP contribution is -2.53. The van der Waals surface area contributed by atoms with Crippen LogP contribution < -0.4 is 0 Å². The highest BCUT2D eigenvalue weighted by atomic mass is 16.6. The average molecular weight is 341 g/mol. The molecule has 2 aliphatic rings. The highest BCUT2D eigenvalue weighted by Crippen LogP contribution is 2.38. The molecule has 0 aliphatic carbocycles. The van der Waals surface area contributed by atoms with Crippen molar-refractivity contribution < 1.29 is 9.53 Å². The fourth-order valence-corrected chi connectivity index (χ4v) is 3.94. The molecule has 3 rings (SSSR count). The van der Waals surface area contributed by atoms with E-state index in [9.17, 15) is 4.79 Å². The summed E-state index contributed by atoms with van der Waals surface area (Å²) in [4.78, 5) is 14.7. The molecule has 25 heavy (non-hydrogen) atoms. The second-order valence-corrected chi connectivity index (χ2v) is 8.72. The second kappa shape index (κ2) is 6.86. The summed E-state index contributed by atoms with van der Waals surface area (Å²) in [7, 11) is 0. The quantitative estimate of drug-likeness (QED) is 0.685. The van der Waals surface area contributed by atoms with Crippen LogP contribution in [0.1, 0.15) is 77.3 Å². The molecule has 2 atom stereocenters. The smallest absolute Gasteiger partial charge is 0.411 e. The van der Waals surface area contributed by atoms with Crippen LogP contribution in [0.15, 0.2) is 30.3 Å². The van der Waals surface area contributed by atoms with Crippen LogP contribution in [-0.4, -0.2) is 28.7 Å². The Hall–Kier alpha value is -1.77. The number of hydrogen-bond acceptors (Lipinski definition) is 2. The van der Waals surface area contributed by atoms with Gasteiger partial charge in [-0.3, -0.25) is 4.90 Å². The minimum absolute atomic E-state index is 0.159. The molecule has 3 nitrogen and oxygen atoms in total. The Bertz CT molecular complexity index is 669. The van der Waals surface area contributed by atoms with E-state index in [0.29, 0.717) is 5.92 Å². The van der Waals surface area contributed by atoms with Crippen LogP contribution in [0, 0.1) is 0 Å². The van der Waals surface area contributed by atoms with E-state index >= 15 is 0 Å². The van der Waals surface area contributed by atoms with Crippen molar-refractivity contribution in [1.82, 2.24) is 4.90 Å². The Morgan fingerprint density at radius 3 is 2.64 bits per heavy atom. The highest BCUT2D eigenvalue weighted by molar-refractivity contribution is 5.75. The fraction of sp³-hybridized carbons (Fsp3) is 0.591. The van der Waals surface area contributed by atoms with Crippen molar-refractivity contribution in [3.05, 3.63) is 41.5 Å². The van der Waals surface area contributed by atoms with Gasteiger partial charge in [-0.05, 0) is 69.1 Å². The summed E-state index contributed by atoms with van der Waals surface area (Å²) in [6.45, 7) is 10.3. The van der Waals surface area contributed by atoms with E-state index in [0.717, 1.165) is 19.3 Å². The van der Waals surface area contributed by atoms with Crippen LogP contribution in [-0.2, 0) is 4.74 Å². The largest absolute Gasteiger partial charge is 0.444 e. The predicted octanol–water partition coefficient (Wildman–Crippen LogP) is 5.76. The normalized spacial score (nSPS) is 23.4. The summed E-state index contributed by atoms with van der Waals surface area (Å²) in [5.41, 5.74) is 3.63. The van der Waals surface area contributed by atoms with Crippen molar-refractivity contribution >= 4 is 11.7 Å². The van der Waals surface area contributed by atoms with Gasteiger partial charge in [-0.25, -0.2) is 4.79 Å². The molecule has 2 unspecified atom stereocenters. The molecule has 2 heterocycles. The minimum Gasteiger partial charge on any atom is -0.444 e. The molecule has 0 radical (unpaired) electrons. The van der Waals surface area contributed by atoms with E-state index < -0.39 is 5.60 Å². The average Bonchev–Trinajstić information content (AvgIpc) is 2.52. The van der Waals surface area contributed by atoms with E-state index in [2.05, 4.69) is 44.2 Å². The van der Waals surface area contributed by atoms with Crippen LogP contribution in [0.25, 0.3) is 5.57 Å². The molecule has 1 aromatic carbocycles. The number of piperidine rings is 1. The zero-order valence-corrected chi connectivity index (χ0v) is 16.2. The zero-order chi connectivity index (χ0) is 18.2. The van der Waals surface area contributed by atoms with Crippen LogP contribution in [0.2, 0.25) is 0 Å². The van der Waals surface area contributed by atoms with E-state index in [-0.39, 0.29) is 18.2 Å². The number of rotatable bonds is 2. The van der Waals surface area contributed by atoms with Gasteiger partial charge in [0.25, 0.3) is 0 Å². The summed E-state index contributed by atoms with van der Waals surface area (Å²) in [5.74, 6) is 0.530. The van der Waals surface area contributed by atoms with Gasteiger partial charge in [-0.2, -0.15) is 0 Å². The van der Waals surface area contributed by atoms with Gasteiger partial charge in [0.15, 0.2) is 0 Å². The first-order valence-corrected chi connectivity index (χ1v) is 9.57. The molecule has 1 amide bonds. The molecule has 0 aromatic heterocycles. The predicted molar refractivity (Wildman–Crippen MR) is 103 cm³/mol. The van der Waals surface area contributed by atoms with Crippen molar-refractivity contribution in [2.24, 2.45) is 0 Å². The minimum atomic E-state index is -0.443. The Morgan fingerprint density at radius 2 is 2.00 bits per heavy atom. The Balaban J connectivity index is 1.86. The molecule has 0 saturated carbocycles. The van der Waals surface area contributed by atoms with Gasteiger partial charge in [-0.1, -0.05) is 44.2 Å². The number of hydrogen-bond donors (Lipinski definition) is 0. The molecule has 0 N–H and O–H groups in total. The molecule has 2 bridgehead atoms. The maximum absolute atomic E-state index is 12.7. The SMILES string of the molecule is CC(C)c1cccc(C2=CC3CCCC(C2)N3C(=O)OC(C)(C)C)c1. The van der Waals surface area contributed by atoms with E-state index in [1.54, 1.807) is 0 Å². The van der Waals surface area contributed by atoms with Crippen molar-refractivity contribution in [3.8, 4) is 0 Å². The number of carbonyl (C=O) groups is 1. The molecule has 3 heteroatoms. The van der Waals surface area contributed by atoms with Gasteiger partial charge >= 0.3 is 6.09 Å². The van der Waals surface area contributed by atoms with Gasteiger partial charge in [0, 0.05) is 6.04 Å². The summed E-state index contributed by atoms with van der Waals surface area (Å²) in [6, 6.07) is 9.30. The Morgan fingerprint density at radius 1 is 1.24 bits per heavy atom. The summed E-state index contributed by atoms with van der Waals surface area (Å²) in [5, 5.41) is 0. The van der Waals surface area contributed by atoms with Crippen molar-refractivity contribution in [1.29, 1.82) is 0 Å². The Kier molecular flexibility index (Phi) is 4.95. The molecule has 1 aromatic rings. The van der Waals surface area contributed by atoms with Gasteiger partial charge in [0.1, 0.15) is 5.60 Å². The summed E-state index contributed by atoms with van der Waals surface area (Å²) >= 11 is 0. The zero-order valence-electron chi connectivity index (χ0n) is 16.2. The third kappa shape index (κ3) is 4.08. The molecule has 0 spiro atoms. The standard InChI is InChI=1S/C22H31NO2/c1-15(2)16-8-6-9-17(12-16)18-13-19-10-7-11-20(14-18)23(19)21(24)25-22(3,4)5/h6,8-9,12-13,15,19-20H,7,10-11,14H2,1-5H3. The molecule has 136 valence electrons. The van der Waals surface area contributed by atoms with Crippen molar-refractivity contribution in [2.45, 2.75) is 83.9 Å². The van der Waals surface area contributed by atoms with E-state index in [4.69, 9.17) is 4.74 Å². The highest BCUT2D eigenvalue weighted by Gasteiger charge is 2.39. The number of amides is 1. The van der Waals surface area contributed by atoms with Crippen LogP contribution >= 0.6 is 0 Å². The lowest BCUT2D eigenvalue weighted by molar-refractivity contribution is 0.0000853. The number of carbonyl (C=O) groups excluding carboxylic acids is 1. The van der Waals surface area contributed by atoms with Crippen LogP contribution in [0.4, 0.5) is 4.79 Å². The third-order valence-corrected chi connectivity index (χ3v) is 5.17. The van der Waals surface area contributed by atoms with Crippen molar-refractivity contribution in [3.63, 3.8) is 0 Å².